The first kappa shape index (κ1) is 19.2. The molecule has 0 aliphatic heterocycles. The Morgan fingerprint density at radius 3 is 2.48 bits per heavy atom. The molecule has 5 nitrogen and oxygen atoms in total. The van der Waals surface area contributed by atoms with Crippen LogP contribution in [0, 0.1) is 13.8 Å². The number of aryl methyl sites for hydroxylation is 2. The van der Waals surface area contributed by atoms with Crippen LogP contribution in [0.3, 0.4) is 0 Å². The molecule has 0 amide bonds. The second-order valence-corrected chi connectivity index (χ2v) is 7.63. The fourth-order valence-electron chi connectivity index (χ4n) is 2.99. The summed E-state index contributed by atoms with van der Waals surface area (Å²) in [6.07, 6.45) is 1.48. The molecule has 0 aliphatic rings. The Kier molecular flexibility index (Phi) is 5.11. The maximum absolute atomic E-state index is 13.2. The fraction of sp³-hybridized carbons (Fsp3) is 0.130. The lowest BCUT2D eigenvalue weighted by Crippen LogP contribution is -2.17. The van der Waals surface area contributed by atoms with Crippen molar-refractivity contribution < 1.29 is 18.4 Å². The van der Waals surface area contributed by atoms with E-state index in [0.717, 1.165) is 15.6 Å². The number of carbonyl (C=O) groups is 1. The summed E-state index contributed by atoms with van der Waals surface area (Å²) >= 11 is 3.34. The van der Waals surface area contributed by atoms with Crippen LogP contribution in [-0.4, -0.2) is 12.4 Å². The number of ketones is 1. The molecule has 2 aromatic heterocycles. The number of carbonyl (C=O) groups excluding carboxylic acids is 1. The van der Waals surface area contributed by atoms with Crippen LogP contribution in [0.1, 0.15) is 21.5 Å². The van der Waals surface area contributed by atoms with E-state index in [9.17, 15) is 9.59 Å². The molecule has 0 unspecified atom stereocenters. The van der Waals surface area contributed by atoms with Crippen molar-refractivity contribution in [1.82, 2.24) is 0 Å². The molecule has 146 valence electrons. The number of hydrogen-bond donors (Lipinski definition) is 0. The summed E-state index contributed by atoms with van der Waals surface area (Å²) < 4.78 is 18.0. The third kappa shape index (κ3) is 3.76. The Hall–Kier alpha value is -3.12. The van der Waals surface area contributed by atoms with Gasteiger partial charge in [-0.15, -0.1) is 0 Å². The zero-order valence-electron chi connectivity index (χ0n) is 15.8. The van der Waals surface area contributed by atoms with Gasteiger partial charge in [-0.3, -0.25) is 9.59 Å². The van der Waals surface area contributed by atoms with Crippen molar-refractivity contribution in [2.75, 3.05) is 6.61 Å². The normalized spacial score (nSPS) is 11.0. The van der Waals surface area contributed by atoms with Crippen molar-refractivity contribution >= 4 is 32.7 Å². The van der Waals surface area contributed by atoms with Crippen molar-refractivity contribution in [3.63, 3.8) is 0 Å². The van der Waals surface area contributed by atoms with E-state index in [1.165, 1.54) is 6.26 Å². The number of furan rings is 1. The Bertz CT molecular complexity index is 1250. The lowest BCUT2D eigenvalue weighted by Gasteiger charge is -2.11. The Labute approximate surface area is 175 Å². The predicted molar refractivity (Wildman–Crippen MR) is 114 cm³/mol. The van der Waals surface area contributed by atoms with Crippen LogP contribution in [0.2, 0.25) is 0 Å². The van der Waals surface area contributed by atoms with Crippen molar-refractivity contribution in [3.8, 4) is 17.3 Å². The van der Waals surface area contributed by atoms with Gasteiger partial charge >= 0.3 is 0 Å². The molecule has 2 heterocycles. The molecule has 4 rings (SSSR count). The van der Waals surface area contributed by atoms with Crippen LogP contribution in [0.4, 0.5) is 0 Å². The minimum Gasteiger partial charge on any atom is -0.478 e. The molecule has 0 radical (unpaired) electrons. The monoisotopic (exact) mass is 452 g/mol. The molecule has 0 fully saturated rings. The molecule has 2 aromatic carbocycles. The average molecular weight is 453 g/mol. The average Bonchev–Trinajstić information content (AvgIpc) is 3.24. The smallest absolute Gasteiger partial charge is 0.235 e. The van der Waals surface area contributed by atoms with Crippen molar-refractivity contribution in [3.05, 3.63) is 86.2 Å². The van der Waals surface area contributed by atoms with Crippen LogP contribution in [-0.2, 0) is 0 Å². The van der Waals surface area contributed by atoms with E-state index in [2.05, 4.69) is 15.9 Å². The zero-order valence-corrected chi connectivity index (χ0v) is 17.4. The summed E-state index contributed by atoms with van der Waals surface area (Å²) in [6, 6.07) is 13.9. The molecule has 29 heavy (non-hydrogen) atoms. The van der Waals surface area contributed by atoms with Crippen LogP contribution < -0.4 is 10.2 Å². The Morgan fingerprint density at radius 1 is 1.07 bits per heavy atom. The molecule has 4 aromatic rings. The second kappa shape index (κ2) is 7.72. The van der Waals surface area contributed by atoms with Gasteiger partial charge in [0.25, 0.3) is 0 Å². The summed E-state index contributed by atoms with van der Waals surface area (Å²) in [5, 5.41) is 0.398. The van der Waals surface area contributed by atoms with Crippen LogP contribution >= 0.6 is 15.9 Å². The third-order valence-electron chi connectivity index (χ3n) is 4.72. The molecule has 0 atom stereocenters. The van der Waals surface area contributed by atoms with Crippen molar-refractivity contribution in [2.45, 2.75) is 13.8 Å². The van der Waals surface area contributed by atoms with Gasteiger partial charge in [-0.05, 0) is 61.4 Å². The number of Topliss-reactive ketones (excluding diaryl/α,β-unsaturated/α-hetero) is 1. The van der Waals surface area contributed by atoms with Gasteiger partial charge in [0.1, 0.15) is 5.58 Å². The van der Waals surface area contributed by atoms with Gasteiger partial charge in [0.05, 0.1) is 11.6 Å². The molecule has 0 spiro atoms. The maximum Gasteiger partial charge on any atom is 0.235 e. The topological polar surface area (TPSA) is 69.7 Å². The van der Waals surface area contributed by atoms with E-state index < -0.39 is 0 Å². The first-order valence-corrected chi connectivity index (χ1v) is 9.77. The largest absolute Gasteiger partial charge is 0.478 e. The van der Waals surface area contributed by atoms with E-state index in [1.807, 2.05) is 19.9 Å². The van der Waals surface area contributed by atoms with Gasteiger partial charge in [0.15, 0.2) is 18.2 Å². The van der Waals surface area contributed by atoms with Gasteiger partial charge in [-0.2, -0.15) is 0 Å². The van der Waals surface area contributed by atoms with E-state index in [4.69, 9.17) is 13.6 Å². The van der Waals surface area contributed by atoms with Crippen LogP contribution in [0.5, 0.6) is 5.75 Å². The second-order valence-electron chi connectivity index (χ2n) is 6.72. The van der Waals surface area contributed by atoms with Gasteiger partial charge in [-0.1, -0.05) is 28.1 Å². The number of rotatable bonds is 5. The summed E-state index contributed by atoms with van der Waals surface area (Å²) in [5.74, 6) is 0.233. The molecule has 0 bridgehead atoms. The summed E-state index contributed by atoms with van der Waals surface area (Å²) in [6.45, 7) is 3.57. The number of halogens is 1. The minimum absolute atomic E-state index is 0.0406. The highest BCUT2D eigenvalue weighted by molar-refractivity contribution is 9.10. The lowest BCUT2D eigenvalue weighted by atomic mass is 10.1. The van der Waals surface area contributed by atoms with E-state index in [1.54, 1.807) is 42.5 Å². The first-order valence-electron chi connectivity index (χ1n) is 8.97. The van der Waals surface area contributed by atoms with Gasteiger partial charge in [0.2, 0.25) is 16.9 Å². The van der Waals surface area contributed by atoms with E-state index >= 15 is 0 Å². The minimum atomic E-state index is -0.343. The van der Waals surface area contributed by atoms with Crippen molar-refractivity contribution in [1.29, 1.82) is 0 Å². The highest BCUT2D eigenvalue weighted by Crippen LogP contribution is 2.32. The Morgan fingerprint density at radius 2 is 1.79 bits per heavy atom. The van der Waals surface area contributed by atoms with Crippen molar-refractivity contribution in [2.24, 2.45) is 0 Å². The summed E-state index contributed by atoms with van der Waals surface area (Å²) in [4.78, 5) is 25.7. The standard InChI is InChI=1S/C23H17BrO5/c1-13-10-17-20(11-14(13)2)29-22(19-4-3-9-27-19)23(21(17)26)28-12-18(25)15-5-7-16(24)8-6-15/h3-11H,12H2,1-2H3. The molecular formula is C23H17BrO5. The van der Waals surface area contributed by atoms with Gasteiger partial charge in [0, 0.05) is 10.0 Å². The van der Waals surface area contributed by atoms with Gasteiger partial charge < -0.3 is 13.6 Å². The number of ether oxygens (including phenoxy) is 1. The zero-order chi connectivity index (χ0) is 20.5. The number of fused-ring (bicyclic) bond motifs is 1. The van der Waals surface area contributed by atoms with E-state index in [0.29, 0.717) is 22.3 Å². The Balaban J connectivity index is 1.77. The third-order valence-corrected chi connectivity index (χ3v) is 5.25. The molecule has 0 saturated carbocycles. The quantitative estimate of drug-likeness (QED) is 0.363. The predicted octanol–water partition coefficient (Wildman–Crippen LogP) is 5.69. The van der Waals surface area contributed by atoms with Crippen LogP contribution in [0.25, 0.3) is 22.5 Å². The molecule has 0 aliphatic carbocycles. The summed E-state index contributed by atoms with van der Waals surface area (Å²) in [5.41, 5.74) is 2.56. The summed E-state index contributed by atoms with van der Waals surface area (Å²) in [7, 11) is 0. The van der Waals surface area contributed by atoms with Gasteiger partial charge in [-0.25, -0.2) is 0 Å². The number of hydrogen-bond acceptors (Lipinski definition) is 5. The first-order chi connectivity index (χ1) is 13.9. The molecular weight excluding hydrogens is 436 g/mol. The van der Waals surface area contributed by atoms with E-state index in [-0.39, 0.29) is 29.3 Å². The highest BCUT2D eigenvalue weighted by atomic mass is 79.9. The highest BCUT2D eigenvalue weighted by Gasteiger charge is 2.21. The lowest BCUT2D eigenvalue weighted by molar-refractivity contribution is 0.0920. The van der Waals surface area contributed by atoms with Crippen LogP contribution in [0.15, 0.2) is 72.9 Å². The molecule has 0 N–H and O–H groups in total. The maximum atomic E-state index is 13.2. The molecule has 0 saturated heterocycles. The molecule has 6 heteroatoms. The number of benzene rings is 2. The SMILES string of the molecule is Cc1cc2oc(-c3ccco3)c(OCC(=O)c3ccc(Br)cc3)c(=O)c2cc1C. The fourth-order valence-corrected chi connectivity index (χ4v) is 3.26.